The normalized spacial score (nSPS) is 10.9. The van der Waals surface area contributed by atoms with Crippen molar-refractivity contribution in [3.63, 3.8) is 0 Å². The monoisotopic (exact) mass is 284 g/mol. The molecule has 0 spiro atoms. The predicted octanol–water partition coefficient (Wildman–Crippen LogP) is 5.44. The van der Waals surface area contributed by atoms with E-state index in [4.69, 9.17) is 0 Å². The minimum atomic E-state index is -0.843. The summed E-state index contributed by atoms with van der Waals surface area (Å²) in [5.41, 5.74) is 1.57. The summed E-state index contributed by atoms with van der Waals surface area (Å²) in [5, 5.41) is 11.5. The Kier molecular flexibility index (Phi) is 5.79. The average molecular weight is 284 g/mol. The van der Waals surface area contributed by atoms with Gasteiger partial charge in [0.1, 0.15) is 0 Å². The molecule has 0 aliphatic carbocycles. The summed E-state index contributed by atoms with van der Waals surface area (Å²) < 4.78 is 0. The molecule has 1 N–H and O–H groups in total. The molecule has 0 saturated heterocycles. The molecule has 2 heteroatoms. The van der Waals surface area contributed by atoms with Crippen molar-refractivity contribution in [2.45, 2.75) is 51.9 Å². The van der Waals surface area contributed by atoms with Crippen LogP contribution in [0.25, 0.3) is 10.8 Å². The molecule has 0 saturated carbocycles. The second-order valence-electron chi connectivity index (χ2n) is 5.68. The number of fused-ring (bicyclic) bond motifs is 1. The fourth-order valence-electron chi connectivity index (χ4n) is 2.82. The van der Waals surface area contributed by atoms with Crippen LogP contribution in [0.4, 0.5) is 0 Å². The third kappa shape index (κ3) is 4.32. The quantitative estimate of drug-likeness (QED) is 0.655. The van der Waals surface area contributed by atoms with E-state index < -0.39 is 5.97 Å². The Bertz CT molecular complexity index is 602. The zero-order valence-corrected chi connectivity index (χ0v) is 12.8. The molecule has 0 amide bonds. The molecule has 0 heterocycles. The Morgan fingerprint density at radius 2 is 1.71 bits per heavy atom. The third-order valence-corrected chi connectivity index (χ3v) is 3.99. The van der Waals surface area contributed by atoms with Gasteiger partial charge in [0.2, 0.25) is 0 Å². The lowest BCUT2D eigenvalue weighted by Gasteiger charge is -2.09. The largest absolute Gasteiger partial charge is 0.478 e. The number of carbonyl (C=O) groups is 1. The number of carboxylic acids is 1. The van der Waals surface area contributed by atoms with Gasteiger partial charge in [-0.05, 0) is 41.3 Å². The van der Waals surface area contributed by atoms with Gasteiger partial charge in [0.25, 0.3) is 0 Å². The van der Waals surface area contributed by atoms with E-state index >= 15 is 0 Å². The van der Waals surface area contributed by atoms with Gasteiger partial charge in [-0.2, -0.15) is 0 Å². The van der Waals surface area contributed by atoms with Gasteiger partial charge in [-0.25, -0.2) is 4.79 Å². The molecule has 0 fully saturated rings. The van der Waals surface area contributed by atoms with E-state index in [9.17, 15) is 9.90 Å². The maximum absolute atomic E-state index is 11.2. The highest BCUT2D eigenvalue weighted by Crippen LogP contribution is 2.23. The SMILES string of the molecule is CCCCCCCCc1cc(C(=O)O)cc2ccccc12. The number of benzene rings is 2. The van der Waals surface area contributed by atoms with Crippen LogP contribution in [0.15, 0.2) is 36.4 Å². The summed E-state index contributed by atoms with van der Waals surface area (Å²) in [6.45, 7) is 2.23. The topological polar surface area (TPSA) is 37.3 Å². The molecule has 2 aromatic carbocycles. The zero-order valence-electron chi connectivity index (χ0n) is 12.8. The Morgan fingerprint density at radius 3 is 2.48 bits per heavy atom. The smallest absolute Gasteiger partial charge is 0.335 e. The molecular formula is C19H24O2. The standard InChI is InChI=1S/C19H24O2/c1-2-3-4-5-6-7-10-15-13-17(19(20)21)14-16-11-8-9-12-18(15)16/h8-9,11-14H,2-7,10H2,1H3,(H,20,21). The lowest BCUT2D eigenvalue weighted by molar-refractivity contribution is 0.0697. The highest BCUT2D eigenvalue weighted by atomic mass is 16.4. The highest BCUT2D eigenvalue weighted by Gasteiger charge is 2.08. The van der Waals surface area contributed by atoms with Crippen molar-refractivity contribution in [2.24, 2.45) is 0 Å². The summed E-state index contributed by atoms with van der Waals surface area (Å²) in [6.07, 6.45) is 8.51. The number of hydrogen-bond acceptors (Lipinski definition) is 1. The van der Waals surface area contributed by atoms with Crippen molar-refractivity contribution in [1.29, 1.82) is 0 Å². The Morgan fingerprint density at radius 1 is 1.00 bits per heavy atom. The molecule has 0 aliphatic rings. The van der Waals surface area contributed by atoms with Crippen LogP contribution in [-0.2, 0) is 6.42 Å². The van der Waals surface area contributed by atoms with Gasteiger partial charge in [-0.15, -0.1) is 0 Å². The summed E-state index contributed by atoms with van der Waals surface area (Å²) in [6, 6.07) is 11.7. The van der Waals surface area contributed by atoms with Gasteiger partial charge in [0.15, 0.2) is 0 Å². The molecule has 2 rings (SSSR count). The van der Waals surface area contributed by atoms with Crippen LogP contribution in [0.1, 0.15) is 61.4 Å². The second-order valence-corrected chi connectivity index (χ2v) is 5.68. The fraction of sp³-hybridized carbons (Fsp3) is 0.421. The van der Waals surface area contributed by atoms with Crippen LogP contribution in [0.3, 0.4) is 0 Å². The molecular weight excluding hydrogens is 260 g/mol. The van der Waals surface area contributed by atoms with E-state index in [0.717, 1.165) is 18.2 Å². The Hall–Kier alpha value is -1.83. The molecule has 21 heavy (non-hydrogen) atoms. The van der Waals surface area contributed by atoms with Gasteiger partial charge in [0.05, 0.1) is 5.56 Å². The van der Waals surface area contributed by atoms with Crippen molar-refractivity contribution < 1.29 is 9.90 Å². The Labute approximate surface area is 126 Å². The van der Waals surface area contributed by atoms with Crippen molar-refractivity contribution in [3.8, 4) is 0 Å². The second kappa shape index (κ2) is 7.82. The minimum absolute atomic E-state index is 0.398. The summed E-state index contributed by atoms with van der Waals surface area (Å²) in [5.74, 6) is -0.843. The Balaban J connectivity index is 2.08. The van der Waals surface area contributed by atoms with Crippen molar-refractivity contribution >= 4 is 16.7 Å². The van der Waals surface area contributed by atoms with E-state index in [1.807, 2.05) is 24.3 Å². The first-order chi connectivity index (χ1) is 10.2. The molecule has 0 aromatic heterocycles. The highest BCUT2D eigenvalue weighted by molar-refractivity contribution is 5.96. The summed E-state index contributed by atoms with van der Waals surface area (Å²) in [4.78, 5) is 11.2. The molecule has 2 nitrogen and oxygen atoms in total. The van der Waals surface area contributed by atoms with Gasteiger partial charge in [-0.3, -0.25) is 0 Å². The van der Waals surface area contributed by atoms with Gasteiger partial charge in [0, 0.05) is 0 Å². The number of hydrogen-bond donors (Lipinski definition) is 1. The van der Waals surface area contributed by atoms with E-state index in [1.54, 1.807) is 6.07 Å². The first kappa shape index (κ1) is 15.6. The lowest BCUT2D eigenvalue weighted by atomic mass is 9.96. The third-order valence-electron chi connectivity index (χ3n) is 3.99. The molecule has 0 aliphatic heterocycles. The number of rotatable bonds is 8. The number of aromatic carboxylic acids is 1. The van der Waals surface area contributed by atoms with Crippen LogP contribution in [0.5, 0.6) is 0 Å². The van der Waals surface area contributed by atoms with Crippen LogP contribution in [0.2, 0.25) is 0 Å². The van der Waals surface area contributed by atoms with Gasteiger partial charge >= 0.3 is 5.97 Å². The molecule has 0 atom stereocenters. The first-order valence-electron chi connectivity index (χ1n) is 7.97. The maximum atomic E-state index is 11.2. The average Bonchev–Trinajstić information content (AvgIpc) is 2.50. The molecule has 0 unspecified atom stereocenters. The van der Waals surface area contributed by atoms with Crippen molar-refractivity contribution in [2.75, 3.05) is 0 Å². The lowest BCUT2D eigenvalue weighted by Crippen LogP contribution is -1.99. The number of carboxylic acid groups (broad SMARTS) is 1. The summed E-state index contributed by atoms with van der Waals surface area (Å²) >= 11 is 0. The van der Waals surface area contributed by atoms with Crippen LogP contribution in [-0.4, -0.2) is 11.1 Å². The first-order valence-corrected chi connectivity index (χ1v) is 7.97. The number of unbranched alkanes of at least 4 members (excludes halogenated alkanes) is 5. The summed E-state index contributed by atoms with van der Waals surface area (Å²) in [7, 11) is 0. The van der Waals surface area contributed by atoms with Crippen molar-refractivity contribution in [3.05, 3.63) is 47.5 Å². The van der Waals surface area contributed by atoms with E-state index in [-0.39, 0.29) is 0 Å². The van der Waals surface area contributed by atoms with Crippen LogP contribution < -0.4 is 0 Å². The van der Waals surface area contributed by atoms with Crippen LogP contribution >= 0.6 is 0 Å². The molecule has 112 valence electrons. The van der Waals surface area contributed by atoms with E-state index in [0.29, 0.717) is 5.56 Å². The zero-order chi connectivity index (χ0) is 15.1. The fourth-order valence-corrected chi connectivity index (χ4v) is 2.82. The maximum Gasteiger partial charge on any atom is 0.335 e. The van der Waals surface area contributed by atoms with E-state index in [1.165, 1.54) is 43.1 Å². The van der Waals surface area contributed by atoms with E-state index in [2.05, 4.69) is 13.0 Å². The molecule has 2 aromatic rings. The van der Waals surface area contributed by atoms with Crippen LogP contribution in [0, 0.1) is 0 Å². The number of aryl methyl sites for hydroxylation is 1. The molecule has 0 bridgehead atoms. The predicted molar refractivity (Wildman–Crippen MR) is 88.0 cm³/mol. The van der Waals surface area contributed by atoms with Crippen molar-refractivity contribution in [1.82, 2.24) is 0 Å². The minimum Gasteiger partial charge on any atom is -0.478 e. The van der Waals surface area contributed by atoms with Gasteiger partial charge < -0.3 is 5.11 Å². The molecule has 0 radical (unpaired) electrons. The van der Waals surface area contributed by atoms with Gasteiger partial charge in [-0.1, -0.05) is 63.3 Å².